The summed E-state index contributed by atoms with van der Waals surface area (Å²) in [6.07, 6.45) is 1.88. The minimum absolute atomic E-state index is 0.790. The van der Waals surface area contributed by atoms with E-state index in [2.05, 4.69) is 27.7 Å². The Bertz CT molecular complexity index is 905. The van der Waals surface area contributed by atoms with Crippen molar-refractivity contribution in [2.75, 3.05) is 12.4 Å². The van der Waals surface area contributed by atoms with Gasteiger partial charge in [0.05, 0.1) is 19.3 Å². The number of carboxylic acids is 1. The summed E-state index contributed by atoms with van der Waals surface area (Å²) >= 11 is 1.46. The van der Waals surface area contributed by atoms with Crippen LogP contribution < -0.4 is 19.7 Å². The lowest BCUT2D eigenvalue weighted by atomic mass is 10.2. The smallest absolute Gasteiger partial charge is 0.411 e. The molecule has 1 heterocycles. The first-order valence-electron chi connectivity index (χ1n) is 8.48. The van der Waals surface area contributed by atoms with E-state index in [0.29, 0.717) is 0 Å². The average molecular weight is 398 g/mol. The molecule has 0 atom stereocenters. The Morgan fingerprint density at radius 3 is 2.36 bits per heavy atom. The number of carboxylic acid groups (broad SMARTS) is 1. The number of nitrogens with one attached hydrogen (secondary N) is 1. The number of nitrogens with zero attached hydrogens (tertiary/aromatic N) is 3. The first-order valence-corrected chi connectivity index (χ1v) is 9.30. The number of thiazole rings is 1. The van der Waals surface area contributed by atoms with Crippen LogP contribution >= 0.6 is 11.3 Å². The fourth-order valence-corrected chi connectivity index (χ4v) is 2.89. The highest BCUT2D eigenvalue weighted by Crippen LogP contribution is 2.27. The third-order valence-corrected chi connectivity index (χ3v) is 4.48. The van der Waals surface area contributed by atoms with Gasteiger partial charge in [-0.2, -0.15) is 0 Å². The number of benzene rings is 2. The fraction of sp³-hybridized carbons (Fsp3) is 0.200. The number of carbonyl (C=O) groups is 1. The number of aromatic nitrogens is 1. The van der Waals surface area contributed by atoms with Gasteiger partial charge in [0.15, 0.2) is 0 Å². The van der Waals surface area contributed by atoms with Crippen LogP contribution in [0.1, 0.15) is 12.5 Å². The number of aliphatic carboxylic acids is 1. The van der Waals surface area contributed by atoms with Crippen molar-refractivity contribution in [2.24, 2.45) is 17.3 Å². The Kier molecular flexibility index (Phi) is 8.11. The predicted molar refractivity (Wildman–Crippen MR) is 107 cm³/mol. The Hall–Kier alpha value is -3.26. The lowest BCUT2D eigenvalue weighted by Gasteiger charge is -2.05. The molecule has 2 aromatic carbocycles. The highest BCUT2D eigenvalue weighted by atomic mass is 32.1. The molecule has 0 amide bonds. The Morgan fingerprint density at radius 2 is 1.79 bits per heavy atom. The molecule has 146 valence electrons. The number of carbonyl (C=O) groups excluding carboxylic acids is 1. The Morgan fingerprint density at radius 1 is 1.14 bits per heavy atom. The predicted octanol–water partition coefficient (Wildman–Crippen LogP) is 3.36. The number of rotatable bonds is 6. The van der Waals surface area contributed by atoms with Gasteiger partial charge in [-0.3, -0.25) is 0 Å². The molecule has 0 aliphatic heterocycles. The van der Waals surface area contributed by atoms with Crippen LogP contribution in [-0.2, 0) is 18.4 Å². The maximum atomic E-state index is 8.89. The number of azo groups is 1. The zero-order chi connectivity index (χ0) is 20.4. The maximum absolute atomic E-state index is 8.89. The number of hydrogen-bond donors (Lipinski definition) is 1. The molecule has 0 spiro atoms. The van der Waals surface area contributed by atoms with Gasteiger partial charge in [0.2, 0.25) is 5.06 Å². The van der Waals surface area contributed by atoms with E-state index in [1.54, 1.807) is 7.11 Å². The molecule has 0 bridgehead atoms. The average Bonchev–Trinajstić information content (AvgIpc) is 3.06. The van der Waals surface area contributed by atoms with E-state index in [-0.39, 0.29) is 0 Å². The molecule has 0 aliphatic carbocycles. The summed E-state index contributed by atoms with van der Waals surface area (Å²) in [5.74, 6) is -1.08. The van der Waals surface area contributed by atoms with Crippen molar-refractivity contribution in [2.45, 2.75) is 13.5 Å². The van der Waals surface area contributed by atoms with E-state index in [1.165, 1.54) is 16.9 Å². The summed E-state index contributed by atoms with van der Waals surface area (Å²) in [4.78, 5) is 8.89. The van der Waals surface area contributed by atoms with Crippen molar-refractivity contribution >= 4 is 33.8 Å². The molecule has 1 aromatic heterocycles. The summed E-state index contributed by atoms with van der Waals surface area (Å²) < 4.78 is 7.09. The number of hydrogen-bond acceptors (Lipinski definition) is 7. The third kappa shape index (κ3) is 7.16. The summed E-state index contributed by atoms with van der Waals surface area (Å²) in [6, 6.07) is 18.2. The van der Waals surface area contributed by atoms with Crippen LogP contribution in [0.3, 0.4) is 0 Å². The van der Waals surface area contributed by atoms with Gasteiger partial charge in [0.25, 0.3) is 0 Å². The van der Waals surface area contributed by atoms with Gasteiger partial charge in [-0.05, 0) is 53.2 Å². The number of methoxy groups -OCH3 is 1. The summed E-state index contributed by atoms with van der Waals surface area (Å²) in [6.45, 7) is 1.77. The molecule has 7 nitrogen and oxygen atoms in total. The molecular formula is C20H22N4O3S. The van der Waals surface area contributed by atoms with Gasteiger partial charge < -0.3 is 20.0 Å². The topological polar surface area (TPSA) is 90.0 Å². The SMILES string of the molecule is CC(=O)[O-].COc1c[n+](C)c(/N=N/c2ccc(NCc3ccccc3)cc2)s1. The first-order chi connectivity index (χ1) is 13.5. The first kappa shape index (κ1) is 21.0. The third-order valence-electron chi connectivity index (χ3n) is 3.45. The van der Waals surface area contributed by atoms with E-state index in [9.17, 15) is 0 Å². The second-order valence-corrected chi connectivity index (χ2v) is 6.70. The molecule has 8 heteroatoms. The quantitative estimate of drug-likeness (QED) is 0.509. The second kappa shape index (κ2) is 10.8. The van der Waals surface area contributed by atoms with Crippen LogP contribution in [0.25, 0.3) is 0 Å². The van der Waals surface area contributed by atoms with E-state index in [4.69, 9.17) is 14.6 Å². The zero-order valence-electron chi connectivity index (χ0n) is 16.0. The van der Waals surface area contributed by atoms with E-state index in [0.717, 1.165) is 35.0 Å². The highest BCUT2D eigenvalue weighted by molar-refractivity contribution is 7.16. The van der Waals surface area contributed by atoms with E-state index in [1.807, 2.05) is 60.3 Å². The molecule has 0 fully saturated rings. The van der Waals surface area contributed by atoms with E-state index < -0.39 is 5.97 Å². The zero-order valence-corrected chi connectivity index (χ0v) is 16.8. The number of ether oxygens (including phenoxy) is 1. The minimum atomic E-state index is -1.08. The molecular weight excluding hydrogens is 376 g/mol. The monoisotopic (exact) mass is 398 g/mol. The van der Waals surface area contributed by atoms with Gasteiger partial charge in [-0.15, -0.1) is 0 Å². The van der Waals surface area contributed by atoms with Crippen molar-refractivity contribution in [3.05, 3.63) is 66.4 Å². The van der Waals surface area contributed by atoms with Crippen molar-refractivity contribution in [3.8, 4) is 5.06 Å². The molecule has 28 heavy (non-hydrogen) atoms. The van der Waals surface area contributed by atoms with E-state index >= 15 is 0 Å². The van der Waals surface area contributed by atoms with Gasteiger partial charge in [-0.1, -0.05) is 30.3 Å². The van der Waals surface area contributed by atoms with Crippen LogP contribution in [0, 0.1) is 0 Å². The summed E-state index contributed by atoms with van der Waals surface area (Å²) in [7, 11) is 3.57. The van der Waals surface area contributed by atoms with Gasteiger partial charge in [0, 0.05) is 18.2 Å². The molecule has 1 N–H and O–H groups in total. The molecule has 0 radical (unpaired) electrons. The summed E-state index contributed by atoms with van der Waals surface area (Å²) in [5, 5.41) is 22.4. The number of aryl methyl sites for hydroxylation is 1. The lowest BCUT2D eigenvalue weighted by molar-refractivity contribution is -0.654. The Labute approximate surface area is 168 Å². The maximum Gasteiger partial charge on any atom is 0.411 e. The van der Waals surface area contributed by atoms with Crippen molar-refractivity contribution < 1.29 is 19.2 Å². The van der Waals surface area contributed by atoms with Crippen molar-refractivity contribution in [3.63, 3.8) is 0 Å². The van der Waals surface area contributed by atoms with Crippen LogP contribution in [0.15, 0.2) is 71.0 Å². The molecule has 3 rings (SSSR count). The molecule has 0 unspecified atom stereocenters. The van der Waals surface area contributed by atoms with Crippen LogP contribution in [0.4, 0.5) is 16.5 Å². The van der Waals surface area contributed by atoms with Gasteiger partial charge in [-0.25, -0.2) is 4.57 Å². The Balaban J connectivity index is 0.000000640. The van der Waals surface area contributed by atoms with Crippen molar-refractivity contribution in [1.29, 1.82) is 0 Å². The van der Waals surface area contributed by atoms with Crippen LogP contribution in [0.5, 0.6) is 5.06 Å². The second-order valence-electron chi connectivity index (χ2n) is 5.73. The standard InChI is InChI=1S/C18H18N4OS.C2H4O2/c1-22-13-17(23-2)24-18(22)21-20-16-10-8-15(9-11-16)19-12-14-6-4-3-5-7-14;1-2(3)4/h3-11,13H,12H2,1-2H3;1H3,(H,3,4). The highest BCUT2D eigenvalue weighted by Gasteiger charge is 2.13. The normalized spacial score (nSPS) is 10.2. The van der Waals surface area contributed by atoms with Gasteiger partial charge >= 0.3 is 5.13 Å². The molecule has 3 aromatic rings. The fourth-order valence-electron chi connectivity index (χ4n) is 2.13. The lowest BCUT2D eigenvalue weighted by Crippen LogP contribution is -2.23. The number of anilines is 1. The van der Waals surface area contributed by atoms with Gasteiger partial charge in [0.1, 0.15) is 11.9 Å². The molecule has 0 saturated heterocycles. The largest absolute Gasteiger partial charge is 0.550 e. The van der Waals surface area contributed by atoms with Crippen molar-refractivity contribution in [1.82, 2.24) is 0 Å². The molecule has 0 aliphatic rings. The van der Waals surface area contributed by atoms with Crippen LogP contribution in [-0.4, -0.2) is 13.1 Å². The molecule has 0 saturated carbocycles. The minimum Gasteiger partial charge on any atom is -0.550 e. The summed E-state index contributed by atoms with van der Waals surface area (Å²) in [5.41, 5.74) is 3.12. The van der Waals surface area contributed by atoms with Crippen LogP contribution in [0.2, 0.25) is 0 Å².